The van der Waals surface area contributed by atoms with Gasteiger partial charge in [0, 0.05) is 48.8 Å². The van der Waals surface area contributed by atoms with E-state index in [2.05, 4.69) is 85.3 Å². The Morgan fingerprint density at radius 3 is 0.967 bits per heavy atom. The standard InChI is InChI=1S/C48H56O4S9/c1-3-5-7-9-11-13-15-17-33-60(49,50)47-45(43-29-27-41(57-43)39-25-23-37(55-39)35-21-19-31-53-35)59-46(48(47)61(51,52)34-18-16-14-12-10-8-6-4-2)44-30-28-42(58-44)40-26-24-38(56-40)36-22-20-32-54-36/h19-32H,3-18,33-34H2,1-2H3. The molecule has 0 aliphatic carbocycles. The maximum atomic E-state index is 14.9. The lowest BCUT2D eigenvalue weighted by Gasteiger charge is -2.11. The summed E-state index contributed by atoms with van der Waals surface area (Å²) in [6, 6.07) is 25.1. The molecule has 7 aromatic heterocycles. The molecular weight excluding hydrogens is 929 g/mol. The molecule has 7 heterocycles. The van der Waals surface area contributed by atoms with Crippen molar-refractivity contribution in [2.24, 2.45) is 0 Å². The Balaban J connectivity index is 1.26. The van der Waals surface area contributed by atoms with E-state index in [-0.39, 0.29) is 21.3 Å². The fourth-order valence-corrected chi connectivity index (χ4v) is 19.9. The Kier molecular flexibility index (Phi) is 17.3. The van der Waals surface area contributed by atoms with E-state index in [0.29, 0.717) is 22.6 Å². The monoisotopic (exact) mass is 984 g/mol. The quantitative estimate of drug-likeness (QED) is 0.0507. The highest BCUT2D eigenvalue weighted by Gasteiger charge is 2.37. The predicted octanol–water partition coefficient (Wildman–Crippen LogP) is 17.9. The molecule has 4 nitrogen and oxygen atoms in total. The summed E-state index contributed by atoms with van der Waals surface area (Å²) in [5, 5.41) is 4.17. The maximum absolute atomic E-state index is 14.9. The van der Waals surface area contributed by atoms with Gasteiger partial charge in [-0.25, -0.2) is 16.8 Å². The number of unbranched alkanes of at least 4 members (excludes halogenated alkanes) is 14. The number of hydrogen-bond acceptors (Lipinski definition) is 11. The molecule has 7 aromatic rings. The Morgan fingerprint density at radius 2 is 0.639 bits per heavy atom. The topological polar surface area (TPSA) is 68.3 Å². The smallest absolute Gasteiger partial charge is 0.181 e. The third-order valence-electron chi connectivity index (χ3n) is 10.9. The van der Waals surface area contributed by atoms with Crippen LogP contribution >= 0.6 is 79.4 Å². The average Bonchev–Trinajstić information content (AvgIpc) is 4.10. The molecular formula is C48H56O4S9. The van der Waals surface area contributed by atoms with Gasteiger partial charge in [-0.05, 0) is 84.3 Å². The van der Waals surface area contributed by atoms with E-state index in [1.807, 2.05) is 12.1 Å². The van der Waals surface area contributed by atoms with Crippen LogP contribution in [0.25, 0.3) is 58.5 Å². The number of thiophene rings is 7. The van der Waals surface area contributed by atoms with E-state index >= 15 is 0 Å². The lowest BCUT2D eigenvalue weighted by atomic mass is 10.1. The van der Waals surface area contributed by atoms with Crippen LogP contribution in [0, 0.1) is 0 Å². The molecule has 0 N–H and O–H groups in total. The zero-order valence-corrected chi connectivity index (χ0v) is 42.5. The van der Waals surface area contributed by atoms with Crippen molar-refractivity contribution in [1.29, 1.82) is 0 Å². The Morgan fingerprint density at radius 1 is 0.344 bits per heavy atom. The van der Waals surface area contributed by atoms with Crippen molar-refractivity contribution >= 4 is 99.0 Å². The van der Waals surface area contributed by atoms with Gasteiger partial charge in [-0.15, -0.1) is 79.4 Å². The van der Waals surface area contributed by atoms with Crippen LogP contribution in [0.1, 0.15) is 117 Å². The lowest BCUT2D eigenvalue weighted by molar-refractivity contribution is 0.566. The molecule has 0 bridgehead atoms. The highest BCUT2D eigenvalue weighted by Crippen LogP contribution is 2.53. The van der Waals surface area contributed by atoms with E-state index in [1.165, 1.54) is 82.2 Å². The van der Waals surface area contributed by atoms with Gasteiger partial charge in [0.1, 0.15) is 9.79 Å². The first-order chi connectivity index (χ1) is 29.7. The number of hydrogen-bond donors (Lipinski definition) is 0. The highest BCUT2D eigenvalue weighted by atomic mass is 32.2. The van der Waals surface area contributed by atoms with Crippen molar-refractivity contribution in [2.75, 3.05) is 11.5 Å². The van der Waals surface area contributed by atoms with E-state index < -0.39 is 19.7 Å². The van der Waals surface area contributed by atoms with Gasteiger partial charge in [0.05, 0.1) is 21.3 Å². The summed E-state index contributed by atoms with van der Waals surface area (Å²) < 4.78 is 59.7. The van der Waals surface area contributed by atoms with Crippen molar-refractivity contribution in [1.82, 2.24) is 0 Å². The molecule has 7 rings (SSSR count). The first-order valence-electron chi connectivity index (χ1n) is 21.8. The predicted molar refractivity (Wildman–Crippen MR) is 274 cm³/mol. The average molecular weight is 986 g/mol. The second kappa shape index (κ2) is 22.6. The van der Waals surface area contributed by atoms with Crippen LogP contribution in [0.2, 0.25) is 0 Å². The van der Waals surface area contributed by atoms with Crippen molar-refractivity contribution in [3.8, 4) is 58.5 Å². The summed E-state index contributed by atoms with van der Waals surface area (Å²) in [4.78, 5) is 11.9. The first-order valence-corrected chi connectivity index (χ1v) is 30.9. The van der Waals surface area contributed by atoms with Crippen molar-refractivity contribution < 1.29 is 16.8 Å². The third-order valence-corrected chi connectivity index (χ3v) is 23.4. The molecule has 0 aromatic carbocycles. The van der Waals surface area contributed by atoms with Gasteiger partial charge < -0.3 is 0 Å². The summed E-state index contributed by atoms with van der Waals surface area (Å²) in [5.41, 5.74) is 0. The number of rotatable bonds is 26. The van der Waals surface area contributed by atoms with E-state index in [1.54, 1.807) is 68.0 Å². The SMILES string of the molecule is CCCCCCCCCCS(=O)(=O)c1c(-c2ccc(-c3ccc(-c4cccs4)s3)s2)sc(-c2ccc(-c3ccc(-c4cccs4)s3)s2)c1S(=O)(=O)CCCCCCCCCC. The van der Waals surface area contributed by atoms with Crippen LogP contribution < -0.4 is 0 Å². The minimum Gasteiger partial charge on any atom is -0.224 e. The van der Waals surface area contributed by atoms with Crippen LogP contribution in [-0.2, 0) is 19.7 Å². The number of sulfone groups is 2. The lowest BCUT2D eigenvalue weighted by Crippen LogP contribution is -2.15. The molecule has 0 atom stereocenters. The summed E-state index contributed by atoms with van der Waals surface area (Å²) >= 11 is 11.3. The Hall–Kier alpha value is -2.20. The van der Waals surface area contributed by atoms with Gasteiger partial charge in [-0.1, -0.05) is 116 Å². The van der Waals surface area contributed by atoms with Crippen LogP contribution in [0.5, 0.6) is 0 Å². The first kappa shape index (κ1) is 46.8. The van der Waals surface area contributed by atoms with Crippen molar-refractivity contribution in [3.63, 3.8) is 0 Å². The Bertz CT molecular complexity index is 2430. The molecule has 61 heavy (non-hydrogen) atoms. The van der Waals surface area contributed by atoms with Crippen LogP contribution in [0.15, 0.2) is 93.3 Å². The van der Waals surface area contributed by atoms with Crippen LogP contribution in [-0.4, -0.2) is 28.3 Å². The van der Waals surface area contributed by atoms with E-state index in [0.717, 1.165) is 67.8 Å². The zero-order valence-electron chi connectivity index (χ0n) is 35.1. The normalized spacial score (nSPS) is 12.2. The van der Waals surface area contributed by atoms with Gasteiger partial charge in [0.15, 0.2) is 19.7 Å². The van der Waals surface area contributed by atoms with Gasteiger partial charge in [0.25, 0.3) is 0 Å². The molecule has 0 saturated heterocycles. The molecule has 0 radical (unpaired) electrons. The third kappa shape index (κ3) is 12.1. The fraction of sp³-hybridized carbons (Fsp3) is 0.417. The summed E-state index contributed by atoms with van der Waals surface area (Å²) in [7, 11) is -7.98. The van der Waals surface area contributed by atoms with Crippen LogP contribution in [0.3, 0.4) is 0 Å². The molecule has 0 fully saturated rings. The van der Waals surface area contributed by atoms with Gasteiger partial charge >= 0.3 is 0 Å². The molecule has 0 unspecified atom stereocenters. The molecule has 13 heteroatoms. The van der Waals surface area contributed by atoms with Crippen molar-refractivity contribution in [2.45, 2.75) is 126 Å². The van der Waals surface area contributed by atoms with Gasteiger partial charge in [-0.3, -0.25) is 0 Å². The molecule has 0 saturated carbocycles. The summed E-state index contributed by atoms with van der Waals surface area (Å²) in [5.74, 6) is -0.121. The minimum absolute atomic E-state index is 0.0277. The Labute approximate surface area is 392 Å². The summed E-state index contributed by atoms with van der Waals surface area (Å²) in [6.07, 6.45) is 16.5. The zero-order chi connectivity index (χ0) is 42.7. The maximum Gasteiger partial charge on any atom is 0.181 e. The largest absolute Gasteiger partial charge is 0.224 e. The van der Waals surface area contributed by atoms with E-state index in [9.17, 15) is 16.8 Å². The van der Waals surface area contributed by atoms with Gasteiger partial charge in [0.2, 0.25) is 0 Å². The molecule has 0 spiro atoms. The second-order valence-corrected chi connectivity index (χ2v) is 27.0. The van der Waals surface area contributed by atoms with Crippen LogP contribution in [0.4, 0.5) is 0 Å². The summed E-state index contributed by atoms with van der Waals surface area (Å²) in [6.45, 7) is 4.42. The highest BCUT2D eigenvalue weighted by molar-refractivity contribution is 7.95. The molecule has 0 aliphatic rings. The second-order valence-electron chi connectivity index (χ2n) is 15.6. The van der Waals surface area contributed by atoms with Gasteiger partial charge in [-0.2, -0.15) is 0 Å². The van der Waals surface area contributed by atoms with Crippen molar-refractivity contribution in [3.05, 3.63) is 83.6 Å². The molecule has 0 aliphatic heterocycles. The van der Waals surface area contributed by atoms with E-state index in [4.69, 9.17) is 0 Å². The fourth-order valence-electron chi connectivity index (χ4n) is 7.57. The molecule has 326 valence electrons. The minimum atomic E-state index is -3.99. The molecule has 0 amide bonds.